The minimum atomic E-state index is 0.445. The summed E-state index contributed by atoms with van der Waals surface area (Å²) in [6, 6.07) is 0. The fourth-order valence-electron chi connectivity index (χ4n) is 2.31. The van der Waals surface area contributed by atoms with E-state index in [-0.39, 0.29) is 0 Å². The van der Waals surface area contributed by atoms with Gasteiger partial charge < -0.3 is 15.5 Å². The molecule has 1 aliphatic heterocycles. The number of likely N-dealkylation sites (N-methyl/N-ethyl adjacent to an activating group) is 1. The SMILES string of the molecule is CCN(CC)CCN1CCCC(C(N)=S)C1. The summed E-state index contributed by atoms with van der Waals surface area (Å²) in [4.78, 5) is 5.67. The second-order valence-electron chi connectivity index (χ2n) is 4.57. The first-order chi connectivity index (χ1) is 7.67. The van der Waals surface area contributed by atoms with E-state index in [1.54, 1.807) is 0 Å². The number of hydrogen-bond acceptors (Lipinski definition) is 3. The lowest BCUT2D eigenvalue weighted by atomic mass is 9.98. The third-order valence-electron chi connectivity index (χ3n) is 3.53. The first-order valence-electron chi connectivity index (χ1n) is 6.41. The zero-order valence-electron chi connectivity index (χ0n) is 10.6. The molecule has 0 aliphatic carbocycles. The molecule has 1 aliphatic rings. The largest absolute Gasteiger partial charge is 0.393 e. The van der Waals surface area contributed by atoms with Crippen molar-refractivity contribution in [2.24, 2.45) is 11.7 Å². The average Bonchev–Trinajstić information content (AvgIpc) is 2.31. The molecule has 0 spiro atoms. The van der Waals surface area contributed by atoms with Gasteiger partial charge in [0.1, 0.15) is 0 Å². The molecule has 0 saturated carbocycles. The van der Waals surface area contributed by atoms with Crippen LogP contribution in [0.4, 0.5) is 0 Å². The third kappa shape index (κ3) is 4.36. The van der Waals surface area contributed by atoms with Crippen LogP contribution in [0.2, 0.25) is 0 Å². The normalized spacial score (nSPS) is 22.6. The van der Waals surface area contributed by atoms with Crippen molar-refractivity contribution in [3.8, 4) is 0 Å². The maximum Gasteiger partial charge on any atom is 0.0771 e. The zero-order valence-corrected chi connectivity index (χ0v) is 11.4. The number of likely N-dealkylation sites (tertiary alicyclic amines) is 1. The van der Waals surface area contributed by atoms with E-state index < -0.39 is 0 Å². The molecule has 2 N–H and O–H groups in total. The summed E-state index contributed by atoms with van der Waals surface area (Å²) >= 11 is 5.09. The van der Waals surface area contributed by atoms with Crippen LogP contribution in [-0.2, 0) is 0 Å². The Hall–Kier alpha value is -0.190. The average molecular weight is 243 g/mol. The molecule has 94 valence electrons. The summed E-state index contributed by atoms with van der Waals surface area (Å²) in [6.07, 6.45) is 2.41. The highest BCUT2D eigenvalue weighted by molar-refractivity contribution is 7.80. The molecule has 0 bridgehead atoms. The van der Waals surface area contributed by atoms with Crippen LogP contribution in [0.3, 0.4) is 0 Å². The Morgan fingerprint density at radius 1 is 1.44 bits per heavy atom. The molecule has 0 amide bonds. The maximum atomic E-state index is 5.73. The lowest BCUT2D eigenvalue weighted by Gasteiger charge is -2.33. The van der Waals surface area contributed by atoms with Crippen molar-refractivity contribution in [1.82, 2.24) is 9.80 Å². The van der Waals surface area contributed by atoms with E-state index in [1.165, 1.54) is 19.4 Å². The monoisotopic (exact) mass is 243 g/mol. The number of rotatable bonds is 6. The Bertz CT molecular complexity index is 216. The third-order valence-corrected chi connectivity index (χ3v) is 3.87. The molecule has 1 heterocycles. The second kappa shape index (κ2) is 7.20. The van der Waals surface area contributed by atoms with Gasteiger partial charge in [0.2, 0.25) is 0 Å². The first kappa shape index (κ1) is 13.9. The molecule has 1 fully saturated rings. The standard InChI is InChI=1S/C12H25N3S/c1-3-14(4-2)8-9-15-7-5-6-11(10-15)12(13)16/h11H,3-10H2,1-2H3,(H2,13,16). The molecule has 16 heavy (non-hydrogen) atoms. The van der Waals surface area contributed by atoms with Gasteiger partial charge in [-0.3, -0.25) is 0 Å². The lowest BCUT2D eigenvalue weighted by Crippen LogP contribution is -2.43. The summed E-state index contributed by atoms with van der Waals surface area (Å²) < 4.78 is 0. The molecule has 1 rings (SSSR count). The van der Waals surface area contributed by atoms with Gasteiger partial charge in [0, 0.05) is 25.6 Å². The summed E-state index contributed by atoms with van der Waals surface area (Å²) in [5.41, 5.74) is 5.73. The molecule has 3 nitrogen and oxygen atoms in total. The summed E-state index contributed by atoms with van der Waals surface area (Å²) in [5.74, 6) is 0.445. The van der Waals surface area contributed by atoms with Crippen molar-refractivity contribution >= 4 is 17.2 Å². The predicted octanol–water partition coefficient (Wildman–Crippen LogP) is 1.33. The van der Waals surface area contributed by atoms with Crippen LogP contribution >= 0.6 is 12.2 Å². The van der Waals surface area contributed by atoms with E-state index in [1.807, 2.05) is 0 Å². The van der Waals surface area contributed by atoms with Gasteiger partial charge in [-0.15, -0.1) is 0 Å². The molecule has 1 saturated heterocycles. The van der Waals surface area contributed by atoms with Gasteiger partial charge in [0.05, 0.1) is 4.99 Å². The van der Waals surface area contributed by atoms with Gasteiger partial charge in [-0.25, -0.2) is 0 Å². The maximum absolute atomic E-state index is 5.73. The van der Waals surface area contributed by atoms with E-state index in [0.29, 0.717) is 10.9 Å². The van der Waals surface area contributed by atoms with Crippen LogP contribution < -0.4 is 5.73 Å². The molecule has 0 radical (unpaired) electrons. The van der Waals surface area contributed by atoms with E-state index in [4.69, 9.17) is 18.0 Å². The molecular weight excluding hydrogens is 218 g/mol. The number of hydrogen-bond donors (Lipinski definition) is 1. The van der Waals surface area contributed by atoms with Crippen molar-refractivity contribution in [3.05, 3.63) is 0 Å². The highest BCUT2D eigenvalue weighted by Crippen LogP contribution is 2.16. The van der Waals surface area contributed by atoms with Crippen LogP contribution in [-0.4, -0.2) is 54.1 Å². The summed E-state index contributed by atoms with van der Waals surface area (Å²) in [5, 5.41) is 0. The molecule has 0 aromatic rings. The molecular formula is C12H25N3S. The fraction of sp³-hybridized carbons (Fsp3) is 0.917. The minimum absolute atomic E-state index is 0.445. The van der Waals surface area contributed by atoms with Crippen molar-refractivity contribution in [2.45, 2.75) is 26.7 Å². The highest BCUT2D eigenvalue weighted by atomic mass is 32.1. The Morgan fingerprint density at radius 2 is 2.12 bits per heavy atom. The van der Waals surface area contributed by atoms with Gasteiger partial charge in [-0.1, -0.05) is 26.1 Å². The Labute approximate surface area is 105 Å². The van der Waals surface area contributed by atoms with Gasteiger partial charge in [0.25, 0.3) is 0 Å². The lowest BCUT2D eigenvalue weighted by molar-refractivity contribution is 0.173. The van der Waals surface area contributed by atoms with Gasteiger partial charge in [-0.2, -0.15) is 0 Å². The zero-order chi connectivity index (χ0) is 12.0. The van der Waals surface area contributed by atoms with Gasteiger partial charge in [-0.05, 0) is 32.5 Å². The van der Waals surface area contributed by atoms with Crippen LogP contribution in [0, 0.1) is 5.92 Å². The fourth-order valence-corrected chi connectivity index (χ4v) is 2.51. The Kier molecular flexibility index (Phi) is 6.24. The van der Waals surface area contributed by atoms with Gasteiger partial charge in [0.15, 0.2) is 0 Å². The van der Waals surface area contributed by atoms with Crippen molar-refractivity contribution < 1.29 is 0 Å². The van der Waals surface area contributed by atoms with E-state index in [2.05, 4.69) is 23.6 Å². The number of thiocarbonyl (C=S) groups is 1. The smallest absolute Gasteiger partial charge is 0.0771 e. The topological polar surface area (TPSA) is 32.5 Å². The van der Waals surface area contributed by atoms with Crippen molar-refractivity contribution in [1.29, 1.82) is 0 Å². The van der Waals surface area contributed by atoms with Crippen molar-refractivity contribution in [2.75, 3.05) is 39.3 Å². The van der Waals surface area contributed by atoms with E-state index >= 15 is 0 Å². The summed E-state index contributed by atoms with van der Waals surface area (Å²) in [6.45, 7) is 11.3. The van der Waals surface area contributed by atoms with Crippen molar-refractivity contribution in [3.63, 3.8) is 0 Å². The van der Waals surface area contributed by atoms with Crippen LogP contribution in [0.25, 0.3) is 0 Å². The number of piperidine rings is 1. The molecule has 1 atom stereocenters. The number of nitrogens with zero attached hydrogens (tertiary/aromatic N) is 2. The quantitative estimate of drug-likeness (QED) is 0.713. The summed E-state index contributed by atoms with van der Waals surface area (Å²) in [7, 11) is 0. The van der Waals surface area contributed by atoms with Gasteiger partial charge >= 0.3 is 0 Å². The molecule has 0 aromatic carbocycles. The predicted molar refractivity (Wildman–Crippen MR) is 73.7 cm³/mol. The molecule has 4 heteroatoms. The second-order valence-corrected chi connectivity index (χ2v) is 5.04. The van der Waals surface area contributed by atoms with Crippen LogP contribution in [0.1, 0.15) is 26.7 Å². The van der Waals surface area contributed by atoms with Crippen LogP contribution in [0.15, 0.2) is 0 Å². The van der Waals surface area contributed by atoms with E-state index in [0.717, 1.165) is 32.7 Å². The van der Waals surface area contributed by atoms with Crippen LogP contribution in [0.5, 0.6) is 0 Å². The Balaban J connectivity index is 2.29. The minimum Gasteiger partial charge on any atom is -0.393 e. The molecule has 0 aromatic heterocycles. The number of nitrogens with two attached hydrogens (primary N) is 1. The van der Waals surface area contributed by atoms with E-state index in [9.17, 15) is 0 Å². The molecule has 1 unspecified atom stereocenters. The highest BCUT2D eigenvalue weighted by Gasteiger charge is 2.21. The Morgan fingerprint density at radius 3 is 2.69 bits per heavy atom. The first-order valence-corrected chi connectivity index (χ1v) is 6.82.